The average molecular weight is 508 g/mol. The van der Waals surface area contributed by atoms with Crippen LogP contribution in [0.5, 0.6) is 0 Å². The van der Waals surface area contributed by atoms with Crippen molar-refractivity contribution in [3.63, 3.8) is 0 Å². The minimum Gasteiger partial charge on any atom is -0.299 e. The summed E-state index contributed by atoms with van der Waals surface area (Å²) in [6, 6.07) is 21.5. The first-order valence-electron chi connectivity index (χ1n) is 10.8. The number of carbonyl (C=O) groups excluding carboxylic acids is 1. The van der Waals surface area contributed by atoms with Gasteiger partial charge in [0.2, 0.25) is 0 Å². The van der Waals surface area contributed by atoms with Gasteiger partial charge >= 0.3 is 6.18 Å². The largest absolute Gasteiger partial charge is 0.416 e. The van der Waals surface area contributed by atoms with Gasteiger partial charge in [0, 0.05) is 9.75 Å². The number of aromatic nitrogens is 2. The van der Waals surface area contributed by atoms with Crippen LogP contribution in [-0.4, -0.2) is 15.9 Å². The van der Waals surface area contributed by atoms with Crippen molar-refractivity contribution in [1.82, 2.24) is 9.97 Å². The third-order valence-electron chi connectivity index (χ3n) is 5.53. The highest BCUT2D eigenvalue weighted by Gasteiger charge is 2.30. The van der Waals surface area contributed by atoms with Gasteiger partial charge in [-0.05, 0) is 54.1 Å². The SMILES string of the molecule is O=C(c1cnc2ccccc2n1)N(Cc1ccc(-c2ccc(C(F)(F)F)cc2)s1)c1ccccc1F. The van der Waals surface area contributed by atoms with Gasteiger partial charge in [0.15, 0.2) is 0 Å². The van der Waals surface area contributed by atoms with Crippen LogP contribution in [0, 0.1) is 5.82 Å². The van der Waals surface area contributed by atoms with Crippen LogP contribution in [0.15, 0.2) is 91.1 Å². The van der Waals surface area contributed by atoms with Gasteiger partial charge in [-0.2, -0.15) is 13.2 Å². The van der Waals surface area contributed by atoms with Gasteiger partial charge in [0.05, 0.1) is 35.0 Å². The summed E-state index contributed by atoms with van der Waals surface area (Å²) >= 11 is 1.31. The third kappa shape index (κ3) is 4.83. The summed E-state index contributed by atoms with van der Waals surface area (Å²) in [5.74, 6) is -1.10. The fourth-order valence-corrected chi connectivity index (χ4v) is 4.74. The molecule has 4 nitrogen and oxygen atoms in total. The number of para-hydroxylation sites is 3. The topological polar surface area (TPSA) is 46.1 Å². The van der Waals surface area contributed by atoms with Crippen LogP contribution in [-0.2, 0) is 12.7 Å². The monoisotopic (exact) mass is 507 g/mol. The lowest BCUT2D eigenvalue weighted by Crippen LogP contribution is -2.31. The highest BCUT2D eigenvalue weighted by atomic mass is 32.1. The molecule has 0 aliphatic rings. The van der Waals surface area contributed by atoms with Crippen molar-refractivity contribution in [2.24, 2.45) is 0 Å². The first-order chi connectivity index (χ1) is 17.3. The fourth-order valence-electron chi connectivity index (χ4n) is 3.73. The Balaban J connectivity index is 1.47. The molecule has 2 aromatic heterocycles. The second kappa shape index (κ2) is 9.50. The molecular weight excluding hydrogens is 490 g/mol. The molecule has 0 radical (unpaired) electrons. The smallest absolute Gasteiger partial charge is 0.299 e. The Morgan fingerprint density at radius 3 is 2.28 bits per heavy atom. The molecule has 0 aliphatic carbocycles. The molecule has 36 heavy (non-hydrogen) atoms. The minimum atomic E-state index is -4.41. The molecule has 0 atom stereocenters. The van der Waals surface area contributed by atoms with Gasteiger partial charge in [0.25, 0.3) is 5.91 Å². The summed E-state index contributed by atoms with van der Waals surface area (Å²) in [5.41, 5.74) is 1.21. The van der Waals surface area contributed by atoms with Gasteiger partial charge < -0.3 is 0 Å². The zero-order valence-corrected chi connectivity index (χ0v) is 19.4. The fraction of sp³-hybridized carbons (Fsp3) is 0.0741. The van der Waals surface area contributed by atoms with E-state index in [-0.39, 0.29) is 17.9 Å². The first-order valence-corrected chi connectivity index (χ1v) is 11.7. The van der Waals surface area contributed by atoms with Crippen LogP contribution in [0.25, 0.3) is 21.5 Å². The second-order valence-electron chi connectivity index (χ2n) is 7.93. The standard InChI is InChI=1S/C27H17F4N3OS/c28-20-5-1-4-8-24(20)34(26(35)23-15-32-21-6-2-3-7-22(21)33-23)16-19-13-14-25(36-19)17-9-11-18(12-10-17)27(29,30)31/h1-15H,16H2. The number of anilines is 1. The zero-order valence-electron chi connectivity index (χ0n) is 18.5. The summed E-state index contributed by atoms with van der Waals surface area (Å²) in [6.45, 7) is 0.0412. The number of hydrogen-bond acceptors (Lipinski definition) is 4. The lowest BCUT2D eigenvalue weighted by molar-refractivity contribution is -0.137. The number of benzene rings is 3. The molecule has 0 saturated heterocycles. The van der Waals surface area contributed by atoms with E-state index in [0.29, 0.717) is 16.6 Å². The second-order valence-corrected chi connectivity index (χ2v) is 9.10. The van der Waals surface area contributed by atoms with Gasteiger partial charge in [0.1, 0.15) is 11.5 Å². The summed E-state index contributed by atoms with van der Waals surface area (Å²) < 4.78 is 53.4. The predicted octanol–water partition coefficient (Wildman–Crippen LogP) is 7.36. The number of amides is 1. The Labute approximate surface area is 207 Å². The van der Waals surface area contributed by atoms with Crippen LogP contribution in [0.1, 0.15) is 20.9 Å². The van der Waals surface area contributed by atoms with Crippen molar-refractivity contribution in [2.75, 3.05) is 4.90 Å². The lowest BCUT2D eigenvalue weighted by atomic mass is 10.1. The molecule has 2 heterocycles. The molecule has 3 aromatic carbocycles. The molecule has 0 bridgehead atoms. The van der Waals surface area contributed by atoms with Crippen LogP contribution in [0.2, 0.25) is 0 Å². The highest BCUT2D eigenvalue weighted by Crippen LogP contribution is 2.34. The summed E-state index contributed by atoms with van der Waals surface area (Å²) in [4.78, 5) is 24.9. The van der Waals surface area contributed by atoms with Crippen molar-refractivity contribution >= 4 is 34.0 Å². The Hall–Kier alpha value is -4.11. The Bertz CT molecular complexity index is 1550. The molecule has 5 aromatic rings. The van der Waals surface area contributed by atoms with E-state index in [1.807, 2.05) is 6.07 Å². The van der Waals surface area contributed by atoms with Crippen LogP contribution < -0.4 is 4.90 Å². The molecule has 0 aliphatic heterocycles. The summed E-state index contributed by atoms with van der Waals surface area (Å²) in [5, 5.41) is 0. The Kier molecular flexibility index (Phi) is 6.24. The third-order valence-corrected chi connectivity index (χ3v) is 6.65. The number of alkyl halides is 3. The van der Waals surface area contributed by atoms with E-state index in [9.17, 15) is 22.4 Å². The number of nitrogens with zero attached hydrogens (tertiary/aromatic N) is 3. The normalized spacial score (nSPS) is 11.6. The first kappa shape index (κ1) is 23.6. The Morgan fingerprint density at radius 2 is 1.56 bits per heavy atom. The van der Waals surface area contributed by atoms with Crippen molar-refractivity contribution in [2.45, 2.75) is 12.7 Å². The molecule has 0 fully saturated rings. The van der Waals surface area contributed by atoms with Gasteiger partial charge in [-0.3, -0.25) is 14.7 Å². The maximum atomic E-state index is 14.8. The van der Waals surface area contributed by atoms with Crippen molar-refractivity contribution in [3.8, 4) is 10.4 Å². The van der Waals surface area contributed by atoms with E-state index in [1.165, 1.54) is 52.8 Å². The van der Waals surface area contributed by atoms with E-state index < -0.39 is 23.5 Å². The Morgan fingerprint density at radius 1 is 0.861 bits per heavy atom. The minimum absolute atomic E-state index is 0.0412. The number of thiophene rings is 1. The lowest BCUT2D eigenvalue weighted by Gasteiger charge is -2.22. The van der Waals surface area contributed by atoms with Gasteiger partial charge in [-0.25, -0.2) is 9.37 Å². The highest BCUT2D eigenvalue weighted by molar-refractivity contribution is 7.15. The predicted molar refractivity (Wildman–Crippen MR) is 131 cm³/mol. The van der Waals surface area contributed by atoms with Crippen LogP contribution in [0.4, 0.5) is 23.2 Å². The van der Waals surface area contributed by atoms with Gasteiger partial charge in [-0.1, -0.05) is 36.4 Å². The number of carbonyl (C=O) groups is 1. The number of halogens is 4. The molecule has 9 heteroatoms. The zero-order chi connectivity index (χ0) is 25.3. The van der Waals surface area contributed by atoms with Crippen molar-refractivity contribution < 1.29 is 22.4 Å². The number of hydrogen-bond donors (Lipinski definition) is 0. The van der Waals surface area contributed by atoms with Gasteiger partial charge in [-0.15, -0.1) is 11.3 Å². The molecular formula is C27H17F4N3OS. The maximum absolute atomic E-state index is 14.8. The molecule has 1 amide bonds. The number of rotatable bonds is 5. The quantitative estimate of drug-likeness (QED) is 0.234. The van der Waals surface area contributed by atoms with E-state index in [4.69, 9.17) is 0 Å². The molecule has 0 saturated carbocycles. The van der Waals surface area contributed by atoms with Crippen LogP contribution in [0.3, 0.4) is 0 Å². The summed E-state index contributed by atoms with van der Waals surface area (Å²) in [6.07, 6.45) is -3.05. The molecule has 180 valence electrons. The molecule has 0 N–H and O–H groups in total. The number of fused-ring (bicyclic) bond motifs is 1. The van der Waals surface area contributed by atoms with E-state index in [0.717, 1.165) is 21.9 Å². The molecule has 5 rings (SSSR count). The van der Waals surface area contributed by atoms with E-state index in [2.05, 4.69) is 9.97 Å². The molecule has 0 spiro atoms. The average Bonchev–Trinajstić information content (AvgIpc) is 3.35. The maximum Gasteiger partial charge on any atom is 0.416 e. The van der Waals surface area contributed by atoms with E-state index >= 15 is 0 Å². The molecule has 0 unspecified atom stereocenters. The van der Waals surface area contributed by atoms with Crippen molar-refractivity contribution in [1.29, 1.82) is 0 Å². The van der Waals surface area contributed by atoms with E-state index in [1.54, 1.807) is 36.4 Å². The summed E-state index contributed by atoms with van der Waals surface area (Å²) in [7, 11) is 0. The van der Waals surface area contributed by atoms with Crippen LogP contribution >= 0.6 is 11.3 Å². The van der Waals surface area contributed by atoms with Crippen molar-refractivity contribution in [3.05, 3.63) is 113 Å².